The smallest absolute Gasteiger partial charge is 0.407 e. The highest BCUT2D eigenvalue weighted by Gasteiger charge is 2.30. The molecule has 1 aliphatic carbocycles. The minimum absolute atomic E-state index is 0.0461. The maximum atomic E-state index is 13.4. The Morgan fingerprint density at radius 2 is 0.984 bits per heavy atom. The van der Waals surface area contributed by atoms with Crippen LogP contribution < -0.4 is 5.32 Å². The number of aliphatic carboxylic acids is 1. The van der Waals surface area contributed by atoms with Gasteiger partial charge in [0.05, 0.1) is 22.8 Å². The molecule has 7 aromatic rings. The summed E-state index contributed by atoms with van der Waals surface area (Å²) in [5, 5.41) is 25.3. The number of carboxylic acids is 1. The number of carbonyl (C=O) groups excluding carboxylic acids is 1. The van der Waals surface area contributed by atoms with E-state index in [2.05, 4.69) is 47.2 Å². The highest BCUT2D eigenvalue weighted by atomic mass is 16.5. The molecule has 0 unspecified atom stereocenters. The highest BCUT2D eigenvalue weighted by Crippen LogP contribution is 2.44. The summed E-state index contributed by atoms with van der Waals surface area (Å²) >= 11 is 0. The number of hydrogen-bond acceptors (Lipinski definition) is 10. The summed E-state index contributed by atoms with van der Waals surface area (Å²) in [4.78, 5) is 48.8. The zero-order chi connectivity index (χ0) is 42.7. The molecule has 0 aliphatic heterocycles. The number of aromatic nitrogens is 4. The van der Waals surface area contributed by atoms with E-state index < -0.39 is 18.1 Å². The Morgan fingerprint density at radius 1 is 0.581 bits per heavy atom. The SMILES string of the molecule is O=C(N[C@@H](Cc1cc(CN(Cc2ccccn2)Cc2ccccn2)c(O)c(CN(Cc2ccccn2)Cc2ccccn2)c1)C(=O)O)OCC1c2ccccc2-c2ccccc21. The van der Waals surface area contributed by atoms with Crippen LogP contribution in [-0.2, 0) is 55.2 Å². The fourth-order valence-corrected chi connectivity index (χ4v) is 8.11. The van der Waals surface area contributed by atoms with E-state index in [4.69, 9.17) is 4.74 Å². The van der Waals surface area contributed by atoms with Crippen molar-refractivity contribution in [2.45, 2.75) is 57.6 Å². The number of carbonyl (C=O) groups is 2. The number of hydrogen-bond donors (Lipinski definition) is 3. The lowest BCUT2D eigenvalue weighted by molar-refractivity contribution is -0.139. The molecular formula is C50H47N7O5. The van der Waals surface area contributed by atoms with Gasteiger partial charge in [-0.05, 0) is 76.3 Å². The normalized spacial score (nSPS) is 12.5. The van der Waals surface area contributed by atoms with Gasteiger partial charge in [-0.25, -0.2) is 9.59 Å². The molecule has 1 amide bonds. The third-order valence-electron chi connectivity index (χ3n) is 10.9. The van der Waals surface area contributed by atoms with E-state index in [1.165, 1.54) is 0 Å². The molecule has 8 rings (SSSR count). The van der Waals surface area contributed by atoms with Crippen LogP contribution >= 0.6 is 0 Å². The van der Waals surface area contributed by atoms with Crippen molar-refractivity contribution in [3.05, 3.63) is 209 Å². The third kappa shape index (κ3) is 10.5. The first-order chi connectivity index (χ1) is 30.4. The van der Waals surface area contributed by atoms with Gasteiger partial charge >= 0.3 is 12.1 Å². The molecular weight excluding hydrogens is 779 g/mol. The predicted octanol–water partition coefficient (Wildman–Crippen LogP) is 7.91. The van der Waals surface area contributed by atoms with E-state index in [9.17, 15) is 19.8 Å². The second kappa shape index (κ2) is 19.9. The van der Waals surface area contributed by atoms with Gasteiger partial charge in [-0.15, -0.1) is 0 Å². The lowest BCUT2D eigenvalue weighted by Crippen LogP contribution is -2.43. The van der Waals surface area contributed by atoms with Crippen molar-refractivity contribution in [2.24, 2.45) is 0 Å². The molecule has 3 N–H and O–H groups in total. The summed E-state index contributed by atoms with van der Waals surface area (Å²) in [5.74, 6) is -1.31. The van der Waals surface area contributed by atoms with Crippen LogP contribution in [0.15, 0.2) is 158 Å². The fraction of sp³-hybridized carbons (Fsp3) is 0.200. The standard InChI is InChI=1S/C50H47N7O5/c58-48-36(28-56(30-38-13-5-9-21-51-38)31-39-14-6-10-22-52-39)25-35(26-37(48)29-57(32-40-15-7-11-23-53-40)33-41-16-8-12-24-54-41)27-47(49(59)60)55-50(61)62-34-46-44-19-3-1-17-42(44)43-18-2-4-20-45(43)46/h1-26,46-47,58H,27-34H2,(H,55,61)(H,59,60)/t47-/m0/s1. The van der Waals surface area contributed by atoms with Gasteiger partial charge in [-0.1, -0.05) is 84.9 Å². The van der Waals surface area contributed by atoms with E-state index in [1.54, 1.807) is 24.8 Å². The zero-order valence-corrected chi connectivity index (χ0v) is 34.1. The minimum Gasteiger partial charge on any atom is -0.507 e. The average molecular weight is 826 g/mol. The molecule has 0 spiro atoms. The Kier molecular flexibility index (Phi) is 13.3. The molecule has 1 aliphatic rings. The quantitative estimate of drug-likeness (QED) is 0.0774. The van der Waals surface area contributed by atoms with Crippen LogP contribution in [0.5, 0.6) is 5.75 Å². The van der Waals surface area contributed by atoms with E-state index in [0.29, 0.717) is 42.9 Å². The number of pyridine rings is 4. The van der Waals surface area contributed by atoms with Crippen LogP contribution in [-0.4, -0.2) is 64.7 Å². The summed E-state index contributed by atoms with van der Waals surface area (Å²) in [6.07, 6.45) is 6.10. The minimum atomic E-state index is -1.33. The topological polar surface area (TPSA) is 154 Å². The third-order valence-corrected chi connectivity index (χ3v) is 10.9. The van der Waals surface area contributed by atoms with Crippen LogP contribution in [0.4, 0.5) is 4.79 Å². The van der Waals surface area contributed by atoms with Gasteiger partial charge in [-0.3, -0.25) is 29.7 Å². The van der Waals surface area contributed by atoms with Crippen molar-refractivity contribution in [1.82, 2.24) is 35.1 Å². The zero-order valence-electron chi connectivity index (χ0n) is 34.1. The monoisotopic (exact) mass is 825 g/mol. The molecule has 0 fully saturated rings. The van der Waals surface area contributed by atoms with Crippen molar-refractivity contribution in [3.8, 4) is 16.9 Å². The van der Waals surface area contributed by atoms with Crippen molar-refractivity contribution in [2.75, 3.05) is 6.61 Å². The lowest BCUT2D eigenvalue weighted by Gasteiger charge is -2.26. The second-order valence-corrected chi connectivity index (χ2v) is 15.4. The highest BCUT2D eigenvalue weighted by molar-refractivity contribution is 5.81. The summed E-state index contributed by atoms with van der Waals surface area (Å²) in [7, 11) is 0. The molecule has 0 bridgehead atoms. The number of nitrogens with one attached hydrogen (secondary N) is 1. The van der Waals surface area contributed by atoms with Gasteiger partial charge in [-0.2, -0.15) is 0 Å². The summed E-state index contributed by atoms with van der Waals surface area (Å²) in [6, 6.07) is 41.4. The summed E-state index contributed by atoms with van der Waals surface area (Å²) in [5.41, 5.74) is 9.46. The molecule has 12 nitrogen and oxygen atoms in total. The number of fused-ring (bicyclic) bond motifs is 3. The first-order valence-electron chi connectivity index (χ1n) is 20.6. The molecule has 0 saturated heterocycles. The largest absolute Gasteiger partial charge is 0.507 e. The average Bonchev–Trinajstić information content (AvgIpc) is 3.61. The van der Waals surface area contributed by atoms with Crippen LogP contribution in [0.1, 0.15) is 56.5 Å². The Hall–Kier alpha value is -7.28. The maximum Gasteiger partial charge on any atom is 0.407 e. The number of phenols is 1. The number of ether oxygens (including phenoxy) is 1. The first kappa shape index (κ1) is 41.5. The molecule has 4 aromatic heterocycles. The predicted molar refractivity (Wildman–Crippen MR) is 234 cm³/mol. The van der Waals surface area contributed by atoms with Crippen molar-refractivity contribution < 1.29 is 24.5 Å². The maximum absolute atomic E-state index is 13.4. The summed E-state index contributed by atoms with van der Waals surface area (Å²) in [6.45, 7) is 2.47. The van der Waals surface area contributed by atoms with Gasteiger partial charge in [0, 0.05) is 87.5 Å². The number of phenolic OH excluding ortho intramolecular Hbond substituents is 1. The number of amides is 1. The molecule has 12 heteroatoms. The molecule has 3 aromatic carbocycles. The molecule has 312 valence electrons. The van der Waals surface area contributed by atoms with Crippen LogP contribution in [0.2, 0.25) is 0 Å². The second-order valence-electron chi connectivity index (χ2n) is 15.4. The molecule has 62 heavy (non-hydrogen) atoms. The van der Waals surface area contributed by atoms with E-state index >= 15 is 0 Å². The van der Waals surface area contributed by atoms with E-state index in [-0.39, 0.29) is 37.8 Å². The Labute approximate surface area is 360 Å². The van der Waals surface area contributed by atoms with Crippen LogP contribution in [0.3, 0.4) is 0 Å². The number of benzene rings is 3. The summed E-state index contributed by atoms with van der Waals surface area (Å²) < 4.78 is 5.77. The fourth-order valence-electron chi connectivity index (χ4n) is 8.11. The molecule has 1 atom stereocenters. The van der Waals surface area contributed by atoms with Crippen molar-refractivity contribution >= 4 is 12.1 Å². The van der Waals surface area contributed by atoms with Gasteiger partial charge in [0.15, 0.2) is 0 Å². The Bertz CT molecular complexity index is 2340. The van der Waals surface area contributed by atoms with Crippen molar-refractivity contribution in [3.63, 3.8) is 0 Å². The number of rotatable bonds is 18. The van der Waals surface area contributed by atoms with Crippen LogP contribution in [0.25, 0.3) is 11.1 Å². The Morgan fingerprint density at radius 3 is 1.37 bits per heavy atom. The van der Waals surface area contributed by atoms with Gasteiger partial charge in [0.2, 0.25) is 0 Å². The van der Waals surface area contributed by atoms with Gasteiger partial charge < -0.3 is 20.3 Å². The molecule has 0 saturated carbocycles. The molecule has 0 radical (unpaired) electrons. The molecule has 4 heterocycles. The Balaban J connectivity index is 1.08. The van der Waals surface area contributed by atoms with E-state index in [1.807, 2.05) is 121 Å². The number of aromatic hydroxyl groups is 1. The number of nitrogens with zero attached hydrogens (tertiary/aromatic N) is 6. The first-order valence-corrected chi connectivity index (χ1v) is 20.6. The van der Waals surface area contributed by atoms with E-state index in [0.717, 1.165) is 45.0 Å². The van der Waals surface area contributed by atoms with Crippen LogP contribution in [0, 0.1) is 0 Å². The van der Waals surface area contributed by atoms with Crippen molar-refractivity contribution in [1.29, 1.82) is 0 Å². The number of carboxylic acid groups (broad SMARTS) is 1. The lowest BCUT2D eigenvalue weighted by atomic mass is 9.97. The number of alkyl carbamates (subject to hydrolysis) is 1. The van der Waals surface area contributed by atoms with Gasteiger partial charge in [0.1, 0.15) is 18.4 Å². The van der Waals surface area contributed by atoms with Gasteiger partial charge in [0.25, 0.3) is 0 Å².